The highest BCUT2D eigenvalue weighted by Gasteiger charge is 2.65. The van der Waals surface area contributed by atoms with Gasteiger partial charge >= 0.3 is 0 Å². The van der Waals surface area contributed by atoms with Gasteiger partial charge in [-0.25, -0.2) is 12.7 Å². The summed E-state index contributed by atoms with van der Waals surface area (Å²) in [6.07, 6.45) is 3.06. The van der Waals surface area contributed by atoms with Crippen molar-refractivity contribution in [3.8, 4) is 0 Å². The molecule has 9 heteroatoms. The number of benzene rings is 1. The minimum Gasteiger partial charge on any atom is -0.356 e. The zero-order chi connectivity index (χ0) is 20.2. The van der Waals surface area contributed by atoms with Gasteiger partial charge in [0, 0.05) is 48.7 Å². The van der Waals surface area contributed by atoms with Gasteiger partial charge in [-0.15, -0.1) is 0 Å². The number of hydrogen-bond acceptors (Lipinski definition) is 4. The molecule has 7 nitrogen and oxygen atoms in total. The van der Waals surface area contributed by atoms with Gasteiger partial charge in [0.25, 0.3) is 5.91 Å². The second-order valence-electron chi connectivity index (χ2n) is 8.20. The van der Waals surface area contributed by atoms with E-state index in [1.165, 1.54) is 10.6 Å². The number of nitrogens with one attached hydrogen (secondary N) is 1. The maximum Gasteiger partial charge on any atom is 0.253 e. The summed E-state index contributed by atoms with van der Waals surface area (Å²) in [5, 5.41) is 3.42. The van der Waals surface area contributed by atoms with Crippen LogP contribution >= 0.6 is 11.6 Å². The molecule has 4 rings (SSSR count). The highest BCUT2D eigenvalue weighted by molar-refractivity contribution is 7.88. The van der Waals surface area contributed by atoms with Crippen molar-refractivity contribution in [2.75, 3.05) is 39.0 Å². The Morgan fingerprint density at radius 1 is 1.18 bits per heavy atom. The number of rotatable bonds is 2. The molecule has 0 radical (unpaired) electrons. The Bertz CT molecular complexity index is 927. The van der Waals surface area contributed by atoms with E-state index in [1.54, 1.807) is 29.2 Å². The summed E-state index contributed by atoms with van der Waals surface area (Å²) in [7, 11) is -3.38. The molecule has 3 aliphatic rings. The maximum atomic E-state index is 12.8. The second-order valence-corrected chi connectivity index (χ2v) is 10.6. The molecule has 1 atom stereocenters. The van der Waals surface area contributed by atoms with Crippen molar-refractivity contribution in [3.63, 3.8) is 0 Å². The number of nitrogens with zero attached hydrogens (tertiary/aromatic N) is 2. The molecular weight excluding hydrogens is 402 g/mol. The topological polar surface area (TPSA) is 86.8 Å². The van der Waals surface area contributed by atoms with Gasteiger partial charge in [0.15, 0.2) is 0 Å². The van der Waals surface area contributed by atoms with Crippen LogP contribution in [-0.4, -0.2) is 68.4 Å². The standard InChI is InChI=1S/C19H24ClN3O4S/c1-28(26,27)23-12-18(19(13-23)5-8-21-17(19)25)6-9-22(10-7-18)16(24)14-3-2-4-15(20)11-14/h2-4,11H,5-10,12-13H2,1H3,(H,21,25)/t19-/m1/s1. The molecule has 1 N–H and O–H groups in total. The third-order valence-electron chi connectivity index (χ3n) is 6.76. The first kappa shape index (κ1) is 19.7. The first-order chi connectivity index (χ1) is 13.2. The lowest BCUT2D eigenvalue weighted by Crippen LogP contribution is -2.53. The van der Waals surface area contributed by atoms with E-state index >= 15 is 0 Å². The number of fused-ring (bicyclic) bond motifs is 1. The van der Waals surface area contributed by atoms with Crippen LogP contribution in [0.2, 0.25) is 5.02 Å². The number of carbonyl (C=O) groups is 2. The number of hydrogen-bond donors (Lipinski definition) is 1. The normalized spacial score (nSPS) is 27.5. The summed E-state index contributed by atoms with van der Waals surface area (Å²) in [6, 6.07) is 6.87. The monoisotopic (exact) mass is 425 g/mol. The largest absolute Gasteiger partial charge is 0.356 e. The second kappa shape index (κ2) is 6.71. The number of amides is 2. The fourth-order valence-corrected chi connectivity index (χ4v) is 6.28. The molecule has 28 heavy (non-hydrogen) atoms. The van der Waals surface area contributed by atoms with Gasteiger partial charge in [-0.1, -0.05) is 17.7 Å². The SMILES string of the molecule is CS(=O)(=O)N1CC2(CCN(C(=O)c3cccc(Cl)c3)CC2)[C@]2(CCNC2=O)C1. The molecule has 1 aromatic rings. The van der Waals surface area contributed by atoms with Crippen LogP contribution in [0.25, 0.3) is 0 Å². The smallest absolute Gasteiger partial charge is 0.253 e. The van der Waals surface area contributed by atoms with Gasteiger partial charge in [-0.05, 0) is 37.5 Å². The van der Waals surface area contributed by atoms with Crippen molar-refractivity contribution in [1.82, 2.24) is 14.5 Å². The lowest BCUT2D eigenvalue weighted by atomic mass is 9.60. The van der Waals surface area contributed by atoms with Crippen LogP contribution in [0.4, 0.5) is 0 Å². The number of halogens is 1. The Labute approximate surface area is 170 Å². The Morgan fingerprint density at radius 2 is 1.89 bits per heavy atom. The fourth-order valence-electron chi connectivity index (χ4n) is 5.16. The molecule has 0 aliphatic carbocycles. The van der Waals surface area contributed by atoms with Crippen LogP contribution in [0.3, 0.4) is 0 Å². The fraction of sp³-hybridized carbons (Fsp3) is 0.579. The number of carbonyl (C=O) groups excluding carboxylic acids is 2. The first-order valence-corrected chi connectivity index (χ1v) is 11.7. The molecule has 3 fully saturated rings. The quantitative estimate of drug-likeness (QED) is 0.774. The first-order valence-electron chi connectivity index (χ1n) is 9.45. The molecule has 3 aliphatic heterocycles. The Balaban J connectivity index is 1.58. The summed E-state index contributed by atoms with van der Waals surface area (Å²) >= 11 is 6.01. The molecule has 0 bridgehead atoms. The van der Waals surface area contributed by atoms with Crippen molar-refractivity contribution >= 4 is 33.4 Å². The minimum atomic E-state index is -3.38. The van der Waals surface area contributed by atoms with E-state index < -0.39 is 20.9 Å². The number of piperidine rings is 1. The summed E-state index contributed by atoms with van der Waals surface area (Å²) in [6.45, 7) is 2.15. The zero-order valence-corrected chi connectivity index (χ0v) is 17.4. The third kappa shape index (κ3) is 3.02. The molecule has 3 heterocycles. The molecule has 0 aromatic heterocycles. The average molecular weight is 426 g/mol. The highest BCUT2D eigenvalue weighted by atomic mass is 35.5. The predicted octanol–water partition coefficient (Wildman–Crippen LogP) is 1.34. The molecule has 0 unspecified atom stereocenters. The molecule has 2 amide bonds. The van der Waals surface area contributed by atoms with Crippen molar-refractivity contribution < 1.29 is 18.0 Å². The van der Waals surface area contributed by atoms with Gasteiger partial charge in [-0.3, -0.25) is 9.59 Å². The molecular formula is C19H24ClN3O4S. The average Bonchev–Trinajstić information content (AvgIpc) is 3.17. The van der Waals surface area contributed by atoms with E-state index in [0.29, 0.717) is 56.0 Å². The van der Waals surface area contributed by atoms with Gasteiger partial charge in [0.2, 0.25) is 15.9 Å². The minimum absolute atomic E-state index is 0.0479. The van der Waals surface area contributed by atoms with Crippen LogP contribution in [0.1, 0.15) is 29.6 Å². The number of likely N-dealkylation sites (tertiary alicyclic amines) is 1. The van der Waals surface area contributed by atoms with Crippen LogP contribution in [0.5, 0.6) is 0 Å². The zero-order valence-electron chi connectivity index (χ0n) is 15.8. The van der Waals surface area contributed by atoms with E-state index in [9.17, 15) is 18.0 Å². The van der Waals surface area contributed by atoms with Crippen molar-refractivity contribution in [2.45, 2.75) is 19.3 Å². The van der Waals surface area contributed by atoms with Gasteiger partial charge in [0.1, 0.15) is 0 Å². The van der Waals surface area contributed by atoms with Gasteiger partial charge in [0.05, 0.1) is 11.7 Å². The lowest BCUT2D eigenvalue weighted by Gasteiger charge is -2.46. The van der Waals surface area contributed by atoms with Gasteiger partial charge < -0.3 is 10.2 Å². The van der Waals surface area contributed by atoms with E-state index in [0.717, 1.165) is 0 Å². The van der Waals surface area contributed by atoms with Gasteiger partial charge in [-0.2, -0.15) is 0 Å². The third-order valence-corrected chi connectivity index (χ3v) is 8.19. The van der Waals surface area contributed by atoms with Crippen LogP contribution in [0, 0.1) is 10.8 Å². The van der Waals surface area contributed by atoms with E-state index in [2.05, 4.69) is 5.32 Å². The van der Waals surface area contributed by atoms with Crippen LogP contribution < -0.4 is 5.32 Å². The Morgan fingerprint density at radius 3 is 2.46 bits per heavy atom. The Kier molecular flexibility index (Phi) is 4.71. The van der Waals surface area contributed by atoms with Crippen molar-refractivity contribution in [2.24, 2.45) is 10.8 Å². The van der Waals surface area contributed by atoms with E-state index in [4.69, 9.17) is 11.6 Å². The van der Waals surface area contributed by atoms with Crippen LogP contribution in [0.15, 0.2) is 24.3 Å². The van der Waals surface area contributed by atoms with E-state index in [1.807, 2.05) is 0 Å². The summed E-state index contributed by atoms with van der Waals surface area (Å²) in [4.78, 5) is 27.4. The summed E-state index contributed by atoms with van der Waals surface area (Å²) in [5.41, 5.74) is -0.579. The van der Waals surface area contributed by atoms with Crippen LogP contribution in [-0.2, 0) is 14.8 Å². The van der Waals surface area contributed by atoms with Crippen molar-refractivity contribution in [3.05, 3.63) is 34.9 Å². The molecule has 3 saturated heterocycles. The lowest BCUT2D eigenvalue weighted by molar-refractivity contribution is -0.133. The summed E-state index contributed by atoms with van der Waals surface area (Å²) in [5.74, 6) is -0.131. The molecule has 0 saturated carbocycles. The van der Waals surface area contributed by atoms with Crippen molar-refractivity contribution in [1.29, 1.82) is 0 Å². The molecule has 152 valence electrons. The highest BCUT2D eigenvalue weighted by Crippen LogP contribution is 2.56. The maximum absolute atomic E-state index is 12.8. The molecule has 2 spiro atoms. The number of sulfonamides is 1. The Hall–Kier alpha value is -1.64. The van der Waals surface area contributed by atoms with E-state index in [-0.39, 0.29) is 18.4 Å². The summed E-state index contributed by atoms with van der Waals surface area (Å²) < 4.78 is 25.9. The molecule has 1 aromatic carbocycles. The predicted molar refractivity (Wildman–Crippen MR) is 105 cm³/mol.